The minimum Gasteiger partial charge on any atom is -0.464 e. The summed E-state index contributed by atoms with van der Waals surface area (Å²) in [4.78, 5) is 0. The lowest BCUT2D eigenvalue weighted by Gasteiger charge is -2.20. The Morgan fingerprint density at radius 2 is 2.16 bits per heavy atom. The minimum absolute atomic E-state index is 0.108. The molecule has 19 heavy (non-hydrogen) atoms. The van der Waals surface area contributed by atoms with Crippen molar-refractivity contribution in [1.82, 2.24) is 15.1 Å². The van der Waals surface area contributed by atoms with Gasteiger partial charge >= 0.3 is 0 Å². The van der Waals surface area contributed by atoms with Crippen LogP contribution in [0.2, 0.25) is 0 Å². The summed E-state index contributed by atoms with van der Waals surface area (Å²) in [7, 11) is 0. The maximum absolute atomic E-state index is 5.78. The Morgan fingerprint density at radius 1 is 1.42 bits per heavy atom. The van der Waals surface area contributed by atoms with Gasteiger partial charge in [0, 0.05) is 23.8 Å². The van der Waals surface area contributed by atoms with Crippen LogP contribution in [0.1, 0.15) is 37.9 Å². The van der Waals surface area contributed by atoms with Gasteiger partial charge in [0.1, 0.15) is 11.5 Å². The van der Waals surface area contributed by atoms with Crippen molar-refractivity contribution in [3.05, 3.63) is 40.0 Å². The van der Waals surface area contributed by atoms with Crippen LogP contribution in [-0.4, -0.2) is 15.3 Å². The largest absolute Gasteiger partial charge is 0.464 e. The molecular formula is C14H20BrN3O. The molecule has 0 aliphatic heterocycles. The van der Waals surface area contributed by atoms with E-state index in [1.165, 1.54) is 5.56 Å². The summed E-state index contributed by atoms with van der Waals surface area (Å²) >= 11 is 3.39. The number of nitrogens with zero attached hydrogens (tertiary/aromatic N) is 2. The number of nitrogens with one attached hydrogen (secondary N) is 1. The summed E-state index contributed by atoms with van der Waals surface area (Å²) in [6, 6.07) is 2.10. The third-order valence-electron chi connectivity index (χ3n) is 2.80. The summed E-state index contributed by atoms with van der Waals surface area (Å²) in [6.45, 7) is 9.95. The van der Waals surface area contributed by atoms with Gasteiger partial charge in [-0.2, -0.15) is 5.10 Å². The summed E-state index contributed by atoms with van der Waals surface area (Å²) in [6.07, 6.45) is 3.71. The van der Waals surface area contributed by atoms with Crippen LogP contribution in [-0.2, 0) is 13.1 Å². The van der Waals surface area contributed by atoms with E-state index >= 15 is 0 Å². The summed E-state index contributed by atoms with van der Waals surface area (Å²) < 4.78 is 8.60. The molecule has 0 radical (unpaired) electrons. The van der Waals surface area contributed by atoms with Crippen molar-refractivity contribution in [1.29, 1.82) is 0 Å². The summed E-state index contributed by atoms with van der Waals surface area (Å²) in [5.74, 6) is 1.90. The molecule has 0 bridgehead atoms. The normalized spacial score (nSPS) is 12.1. The fraction of sp³-hybridized carbons (Fsp3) is 0.500. The zero-order valence-corrected chi connectivity index (χ0v) is 13.4. The van der Waals surface area contributed by atoms with Gasteiger partial charge in [0.15, 0.2) is 0 Å². The van der Waals surface area contributed by atoms with Crippen LogP contribution in [0.5, 0.6) is 0 Å². The molecule has 0 saturated heterocycles. The molecule has 0 atom stereocenters. The molecule has 2 heterocycles. The molecule has 2 rings (SSSR count). The number of furan rings is 1. The van der Waals surface area contributed by atoms with E-state index in [1.807, 2.05) is 17.8 Å². The van der Waals surface area contributed by atoms with E-state index in [0.29, 0.717) is 6.54 Å². The smallest absolute Gasteiger partial charge is 0.125 e. The molecule has 5 heteroatoms. The Morgan fingerprint density at radius 3 is 2.74 bits per heavy atom. The molecule has 104 valence electrons. The van der Waals surface area contributed by atoms with Crippen molar-refractivity contribution in [2.24, 2.45) is 0 Å². The first kappa shape index (κ1) is 14.3. The van der Waals surface area contributed by atoms with Crippen molar-refractivity contribution >= 4 is 15.9 Å². The highest BCUT2D eigenvalue weighted by atomic mass is 79.9. The van der Waals surface area contributed by atoms with Crippen LogP contribution in [0.4, 0.5) is 0 Å². The van der Waals surface area contributed by atoms with Crippen LogP contribution in [0.25, 0.3) is 0 Å². The lowest BCUT2D eigenvalue weighted by atomic mass is 10.1. The molecule has 2 aromatic rings. The Balaban J connectivity index is 2.04. The van der Waals surface area contributed by atoms with Crippen molar-refractivity contribution in [3.63, 3.8) is 0 Å². The van der Waals surface area contributed by atoms with Crippen LogP contribution in [0.3, 0.4) is 0 Å². The molecule has 0 spiro atoms. The lowest BCUT2D eigenvalue weighted by Crippen LogP contribution is -2.35. The van der Waals surface area contributed by atoms with E-state index < -0.39 is 0 Å². The van der Waals surface area contributed by atoms with Gasteiger partial charge in [-0.05, 0) is 49.7 Å². The fourth-order valence-electron chi connectivity index (χ4n) is 1.79. The average molecular weight is 326 g/mol. The first-order valence-corrected chi connectivity index (χ1v) is 7.14. The highest BCUT2D eigenvalue weighted by molar-refractivity contribution is 9.10. The van der Waals surface area contributed by atoms with Crippen molar-refractivity contribution in [2.45, 2.75) is 46.3 Å². The van der Waals surface area contributed by atoms with E-state index in [-0.39, 0.29) is 5.54 Å². The molecule has 2 aromatic heterocycles. The van der Waals surface area contributed by atoms with Gasteiger partial charge in [0.2, 0.25) is 0 Å². The van der Waals surface area contributed by atoms with Crippen molar-refractivity contribution in [2.75, 3.05) is 0 Å². The standard InChI is InChI=1S/C14H20BrN3O/c1-10-11(6-16-14(2,3)4)5-13(19-10)9-18-8-12(15)7-17-18/h5,7-8,16H,6,9H2,1-4H3. The van der Waals surface area contributed by atoms with E-state index in [4.69, 9.17) is 4.42 Å². The van der Waals surface area contributed by atoms with E-state index in [1.54, 1.807) is 6.20 Å². The van der Waals surface area contributed by atoms with Gasteiger partial charge < -0.3 is 9.73 Å². The first-order chi connectivity index (χ1) is 8.83. The molecule has 0 amide bonds. The SMILES string of the molecule is Cc1oc(Cn2cc(Br)cn2)cc1CNC(C)(C)C. The van der Waals surface area contributed by atoms with Crippen molar-refractivity contribution < 1.29 is 4.42 Å². The number of rotatable bonds is 4. The first-order valence-electron chi connectivity index (χ1n) is 6.35. The average Bonchev–Trinajstić information content (AvgIpc) is 2.82. The van der Waals surface area contributed by atoms with Crippen molar-refractivity contribution in [3.8, 4) is 0 Å². The molecule has 0 aliphatic carbocycles. The molecule has 1 N–H and O–H groups in total. The van der Waals surface area contributed by atoms with E-state index in [9.17, 15) is 0 Å². The molecule has 0 unspecified atom stereocenters. The molecular weight excluding hydrogens is 306 g/mol. The maximum Gasteiger partial charge on any atom is 0.125 e. The van der Waals surface area contributed by atoms with Crippen LogP contribution in [0, 0.1) is 6.92 Å². The molecule has 0 aliphatic rings. The molecule has 0 saturated carbocycles. The Hall–Kier alpha value is -1.07. The lowest BCUT2D eigenvalue weighted by molar-refractivity contribution is 0.418. The number of halogens is 1. The third kappa shape index (κ3) is 4.21. The number of aromatic nitrogens is 2. The second-order valence-corrected chi connectivity index (χ2v) is 6.67. The molecule has 0 aromatic carbocycles. The van der Waals surface area contributed by atoms with Gasteiger partial charge in [-0.1, -0.05) is 0 Å². The zero-order valence-electron chi connectivity index (χ0n) is 11.8. The summed E-state index contributed by atoms with van der Waals surface area (Å²) in [5, 5.41) is 7.70. The van der Waals surface area contributed by atoms with Crippen LogP contribution in [0.15, 0.2) is 27.3 Å². The Labute approximate surface area is 122 Å². The predicted octanol–water partition coefficient (Wildman–Crippen LogP) is 3.48. The van der Waals surface area contributed by atoms with E-state index in [2.05, 4.69) is 53.2 Å². The Kier molecular flexibility index (Phi) is 4.16. The monoisotopic (exact) mass is 325 g/mol. The third-order valence-corrected chi connectivity index (χ3v) is 3.21. The maximum atomic E-state index is 5.78. The molecule has 0 fully saturated rings. The van der Waals surface area contributed by atoms with Crippen LogP contribution < -0.4 is 5.32 Å². The Bertz CT molecular complexity index is 551. The van der Waals surface area contributed by atoms with E-state index in [0.717, 1.165) is 22.5 Å². The fourth-order valence-corrected chi connectivity index (χ4v) is 2.11. The highest BCUT2D eigenvalue weighted by Crippen LogP contribution is 2.17. The minimum atomic E-state index is 0.108. The number of aryl methyl sites for hydroxylation is 1. The predicted molar refractivity (Wildman–Crippen MR) is 79.1 cm³/mol. The van der Waals surface area contributed by atoms with Gasteiger partial charge in [-0.25, -0.2) is 0 Å². The molecule has 4 nitrogen and oxygen atoms in total. The van der Waals surface area contributed by atoms with Gasteiger partial charge in [-0.3, -0.25) is 4.68 Å². The van der Waals surface area contributed by atoms with Gasteiger partial charge in [0.25, 0.3) is 0 Å². The second kappa shape index (κ2) is 5.51. The number of hydrogen-bond donors (Lipinski definition) is 1. The summed E-state index contributed by atoms with van der Waals surface area (Å²) in [5.41, 5.74) is 1.31. The quantitative estimate of drug-likeness (QED) is 0.935. The zero-order chi connectivity index (χ0) is 14.0. The second-order valence-electron chi connectivity index (χ2n) is 5.75. The highest BCUT2D eigenvalue weighted by Gasteiger charge is 2.12. The van der Waals surface area contributed by atoms with Gasteiger partial charge in [0.05, 0.1) is 17.2 Å². The van der Waals surface area contributed by atoms with Gasteiger partial charge in [-0.15, -0.1) is 0 Å². The van der Waals surface area contributed by atoms with Crippen LogP contribution >= 0.6 is 15.9 Å². The topological polar surface area (TPSA) is 43.0 Å². The number of hydrogen-bond acceptors (Lipinski definition) is 3.